The van der Waals surface area contributed by atoms with Crippen molar-refractivity contribution in [3.8, 4) is 18.2 Å². The molecular weight excluding hydrogens is 1250 g/mol. The normalized spacial score (nSPS) is 14.0. The highest BCUT2D eigenvalue weighted by Crippen LogP contribution is 2.37. The largest absolute Gasteiger partial charge is 0.417 e. The Kier molecular flexibility index (Phi) is 21.7. The molecule has 18 nitrogen and oxygen atoms in total. The number of nitrogens with one attached hydrogen (secondary N) is 3. The average Bonchev–Trinajstić information content (AvgIpc) is 2.77. The van der Waals surface area contributed by atoms with Gasteiger partial charge in [0.15, 0.2) is 46.3 Å². The van der Waals surface area contributed by atoms with Gasteiger partial charge in [-0.3, -0.25) is 14.4 Å². The third-order valence-corrected chi connectivity index (χ3v) is 17.3. The van der Waals surface area contributed by atoms with Crippen molar-refractivity contribution in [2.24, 2.45) is 0 Å². The van der Waals surface area contributed by atoms with E-state index in [-0.39, 0.29) is 31.7 Å². The van der Waals surface area contributed by atoms with Gasteiger partial charge >= 0.3 is 18.5 Å². The quantitative estimate of drug-likeness (QED) is 0.0414. The molecule has 3 atom stereocenters. The Morgan fingerprint density at radius 1 is 0.391 bits per heavy atom. The second-order valence-corrected chi connectivity index (χ2v) is 24.9. The van der Waals surface area contributed by atoms with Crippen molar-refractivity contribution in [2.75, 3.05) is 33.2 Å². The van der Waals surface area contributed by atoms with Crippen LogP contribution in [0.15, 0.2) is 142 Å². The molecule has 6 N–H and O–H groups in total. The van der Waals surface area contributed by atoms with Crippen molar-refractivity contribution < 1.29 is 108 Å². The average molecular weight is 1290 g/mol. The van der Waals surface area contributed by atoms with Crippen LogP contribution in [0, 0.1) is 51.4 Å². The number of sulfone groups is 3. The Morgan fingerprint density at radius 3 is 0.759 bits per heavy atom. The number of alkyl halides is 9. The van der Waals surface area contributed by atoms with E-state index in [9.17, 15) is 108 Å². The van der Waals surface area contributed by atoms with Gasteiger partial charge in [-0.1, -0.05) is 0 Å². The third kappa shape index (κ3) is 19.3. The van der Waals surface area contributed by atoms with Gasteiger partial charge in [-0.15, -0.1) is 0 Å². The molecule has 0 bridgehead atoms. The molecule has 462 valence electrons. The zero-order valence-electron chi connectivity index (χ0n) is 44.4. The summed E-state index contributed by atoms with van der Waals surface area (Å²) in [4.78, 5) is 35.8. The van der Waals surface area contributed by atoms with E-state index in [0.29, 0.717) is 18.2 Å². The Bertz CT molecular complexity index is 3630. The SMILES string of the molecule is CC(O)(CS(=O)(=O)c1ccc(F)cc1)C(=O)Nc1ccc(C#N)c(C(F)(F)F)c1.C[C@@](O)(CS(=O)(=O)c1ccc(F)cc1)C(=O)Nc1ccc(C#N)c(C(F)(F)F)c1.C[C@@](O)(CS(=O)(=O)c1ccc(F)cc1)C(=O)Nc1ccc(C#N)c(C(F)(F)F)c1. The number of carbonyl (C=O) groups excluding carboxylic acids is 3. The van der Waals surface area contributed by atoms with Gasteiger partial charge < -0.3 is 31.3 Å². The van der Waals surface area contributed by atoms with Crippen molar-refractivity contribution in [1.29, 1.82) is 15.8 Å². The van der Waals surface area contributed by atoms with Gasteiger partial charge in [-0.2, -0.15) is 55.3 Å². The summed E-state index contributed by atoms with van der Waals surface area (Å²) in [5.41, 5.74) is -14.6. The number of rotatable bonds is 15. The summed E-state index contributed by atoms with van der Waals surface area (Å²) in [5.74, 6) is -9.18. The second-order valence-electron chi connectivity index (χ2n) is 18.9. The topological polar surface area (TPSA) is 322 Å². The smallest absolute Gasteiger partial charge is 0.379 e. The maximum Gasteiger partial charge on any atom is 0.417 e. The molecule has 0 saturated carbocycles. The summed E-state index contributed by atoms with van der Waals surface area (Å²) < 4.78 is 230. The summed E-state index contributed by atoms with van der Waals surface area (Å²) in [6.45, 7) is 2.62. The Hall–Kier alpha value is -8.91. The lowest BCUT2D eigenvalue weighted by molar-refractivity contribution is -0.138. The number of benzene rings is 6. The summed E-state index contributed by atoms with van der Waals surface area (Å²) >= 11 is 0. The zero-order valence-corrected chi connectivity index (χ0v) is 46.8. The number of carbonyl (C=O) groups is 3. The number of hydrogen-bond acceptors (Lipinski definition) is 15. The fourth-order valence-corrected chi connectivity index (χ4v) is 11.9. The van der Waals surface area contributed by atoms with E-state index < -0.39 is 151 Å². The number of nitrogens with zero attached hydrogens (tertiary/aromatic N) is 3. The van der Waals surface area contributed by atoms with Crippen LogP contribution in [-0.4, -0.2) is 92.4 Å². The standard InChI is InChI=1S/3C18H14F4N2O4S/c3*1-17(26,10-29(27,28)14-6-3-12(19)4-7-14)16(25)24-13-5-2-11(9-23)15(8-13)18(20,21)22/h3*2-8,26H,10H2,1H3,(H,24,25)/t2*17-;/m11./s1. The van der Waals surface area contributed by atoms with Gasteiger partial charge in [0, 0.05) is 17.1 Å². The van der Waals surface area contributed by atoms with Crippen LogP contribution in [0.1, 0.15) is 54.2 Å². The first-order valence-corrected chi connectivity index (χ1v) is 28.6. The first-order valence-electron chi connectivity index (χ1n) is 23.7. The summed E-state index contributed by atoms with van der Waals surface area (Å²) in [6.07, 6.45) is -14.6. The molecular formula is C54H42F12N6O12S3. The minimum absolute atomic E-state index is 0.343. The number of nitriles is 3. The molecule has 33 heteroatoms. The van der Waals surface area contributed by atoms with Crippen molar-refractivity contribution in [1.82, 2.24) is 0 Å². The van der Waals surface area contributed by atoms with E-state index in [0.717, 1.165) is 130 Å². The molecule has 0 aliphatic heterocycles. The van der Waals surface area contributed by atoms with E-state index in [1.807, 2.05) is 16.0 Å². The summed E-state index contributed by atoms with van der Waals surface area (Å²) in [6, 6.07) is 22.2. The number of aliphatic hydroxyl groups is 3. The summed E-state index contributed by atoms with van der Waals surface area (Å²) in [5, 5.41) is 63.2. The fraction of sp³-hybridized carbons (Fsp3) is 0.222. The molecule has 87 heavy (non-hydrogen) atoms. The van der Waals surface area contributed by atoms with Crippen LogP contribution in [0.4, 0.5) is 69.7 Å². The van der Waals surface area contributed by atoms with Gasteiger partial charge in [0.05, 0.1) is 83.5 Å². The predicted octanol–water partition coefficient (Wildman–Crippen LogP) is 8.64. The molecule has 0 heterocycles. The molecule has 0 spiro atoms. The van der Waals surface area contributed by atoms with Gasteiger partial charge in [-0.25, -0.2) is 38.4 Å². The van der Waals surface area contributed by atoms with Crippen molar-refractivity contribution >= 4 is 64.3 Å². The molecule has 0 fully saturated rings. The van der Waals surface area contributed by atoms with Crippen molar-refractivity contribution in [2.45, 2.75) is 70.8 Å². The molecule has 0 aromatic heterocycles. The molecule has 6 aromatic carbocycles. The van der Waals surface area contributed by atoms with Crippen LogP contribution in [0.25, 0.3) is 0 Å². The number of hydrogen-bond donors (Lipinski definition) is 6. The van der Waals surface area contributed by atoms with Crippen LogP contribution in [0.5, 0.6) is 0 Å². The van der Waals surface area contributed by atoms with Crippen LogP contribution in [0.3, 0.4) is 0 Å². The number of anilines is 3. The third-order valence-electron chi connectivity index (χ3n) is 11.5. The number of halogens is 12. The Balaban J connectivity index is 0.000000279. The lowest BCUT2D eigenvalue weighted by Crippen LogP contribution is -2.45. The molecule has 0 saturated heterocycles. The summed E-state index contributed by atoms with van der Waals surface area (Å²) in [7, 11) is -12.6. The lowest BCUT2D eigenvalue weighted by atomic mass is 10.1. The maximum absolute atomic E-state index is 13.0. The Labute approximate surface area is 486 Å². The van der Waals surface area contributed by atoms with Gasteiger partial charge in [0.2, 0.25) is 0 Å². The monoisotopic (exact) mass is 1290 g/mol. The molecule has 6 rings (SSSR count). The first kappa shape index (κ1) is 70.6. The molecule has 6 aromatic rings. The molecule has 3 amide bonds. The molecule has 0 aliphatic rings. The van der Waals surface area contributed by atoms with E-state index in [4.69, 9.17) is 15.8 Å². The minimum atomic E-state index is -4.86. The minimum Gasteiger partial charge on any atom is -0.379 e. The highest BCUT2D eigenvalue weighted by Gasteiger charge is 2.42. The van der Waals surface area contributed by atoms with Crippen LogP contribution in [-0.2, 0) is 62.4 Å². The zero-order chi connectivity index (χ0) is 66.1. The van der Waals surface area contributed by atoms with Crippen LogP contribution < -0.4 is 16.0 Å². The van der Waals surface area contributed by atoms with E-state index in [1.54, 1.807) is 0 Å². The number of amides is 3. The van der Waals surface area contributed by atoms with Crippen molar-refractivity contribution in [3.05, 3.63) is 178 Å². The Morgan fingerprint density at radius 2 is 0.586 bits per heavy atom. The lowest BCUT2D eigenvalue weighted by Gasteiger charge is -2.22. The van der Waals surface area contributed by atoms with Gasteiger partial charge in [-0.05, 0) is 148 Å². The molecule has 1 unspecified atom stereocenters. The maximum atomic E-state index is 13.0. The van der Waals surface area contributed by atoms with E-state index in [2.05, 4.69) is 0 Å². The molecule has 0 radical (unpaired) electrons. The predicted molar refractivity (Wildman–Crippen MR) is 282 cm³/mol. The van der Waals surface area contributed by atoms with E-state index in [1.165, 1.54) is 18.2 Å². The second kappa shape index (κ2) is 26.8. The van der Waals surface area contributed by atoms with Gasteiger partial charge in [0.25, 0.3) is 17.7 Å². The fourth-order valence-electron chi connectivity index (χ4n) is 7.14. The highest BCUT2D eigenvalue weighted by molar-refractivity contribution is 7.92. The van der Waals surface area contributed by atoms with Crippen LogP contribution >= 0.6 is 0 Å². The van der Waals surface area contributed by atoms with Crippen LogP contribution in [0.2, 0.25) is 0 Å². The first-order chi connectivity index (χ1) is 39.8. The van der Waals surface area contributed by atoms with E-state index >= 15 is 0 Å². The van der Waals surface area contributed by atoms with Gasteiger partial charge in [0.1, 0.15) is 17.5 Å². The highest BCUT2D eigenvalue weighted by atomic mass is 32.2. The van der Waals surface area contributed by atoms with Crippen molar-refractivity contribution in [3.63, 3.8) is 0 Å². The molecule has 0 aliphatic carbocycles.